The molecule has 0 unspecified atom stereocenters. The molecule has 1 aliphatic heterocycles. The molecule has 4 heteroatoms. The van der Waals surface area contributed by atoms with E-state index in [0.29, 0.717) is 0 Å². The Balaban J connectivity index is 1.40. The third-order valence-corrected chi connectivity index (χ3v) is 40.4. The van der Waals surface area contributed by atoms with Gasteiger partial charge in [-0.2, -0.15) is 0 Å². The van der Waals surface area contributed by atoms with Crippen LogP contribution in [0.4, 0.5) is 0 Å². The molecular formula is C64H40Ge4. The zero-order valence-corrected chi connectivity index (χ0v) is 45.5. The zero-order chi connectivity index (χ0) is 46.2. The molecule has 9 rings (SSSR count). The molecule has 0 amide bonds. The number of benzene rings is 8. The van der Waals surface area contributed by atoms with Crippen LogP contribution in [0.1, 0.15) is 0 Å². The maximum atomic E-state index is 3.81. The first kappa shape index (κ1) is 45.6. The summed E-state index contributed by atoms with van der Waals surface area (Å²) in [6.45, 7) is 0. The molecule has 68 heavy (non-hydrogen) atoms. The molecule has 0 bridgehead atoms. The van der Waals surface area contributed by atoms with Crippen molar-refractivity contribution in [3.63, 3.8) is 0 Å². The van der Waals surface area contributed by atoms with Crippen LogP contribution in [-0.4, -0.2) is 53.1 Å². The SMILES string of the molecule is C1#[C][Ge]([c]2ccccc2)([c]2ccccc2)[C]#CC#[C][Ge]([c]2ccccc2)([c]2ccccc2)[C]#CC#[C][Ge]([c]2ccccc2)([c]2ccccc2)[C]#CC#[C][Ge]([c]2ccccc2)([c]2ccccc2)[C]#C1. The van der Waals surface area contributed by atoms with Crippen LogP contribution in [0, 0.1) is 85.4 Å². The van der Waals surface area contributed by atoms with E-state index in [9.17, 15) is 0 Å². The molecule has 8 aromatic carbocycles. The van der Waals surface area contributed by atoms with Crippen molar-refractivity contribution in [1.82, 2.24) is 0 Å². The molecule has 0 aromatic heterocycles. The van der Waals surface area contributed by atoms with Gasteiger partial charge in [-0.1, -0.05) is 0 Å². The van der Waals surface area contributed by atoms with E-state index in [-0.39, 0.29) is 0 Å². The van der Waals surface area contributed by atoms with Gasteiger partial charge >= 0.3 is 416 Å². The Morgan fingerprint density at radius 1 is 0.147 bits per heavy atom. The molecule has 0 N–H and O–H groups in total. The van der Waals surface area contributed by atoms with E-state index in [2.05, 4.69) is 280 Å². The predicted octanol–water partition coefficient (Wildman–Crippen LogP) is 5.39. The molecule has 8 aromatic rings. The first-order chi connectivity index (χ1) is 33.7. The summed E-state index contributed by atoms with van der Waals surface area (Å²) < 4.78 is 39.4. The molecule has 0 atom stereocenters. The summed E-state index contributed by atoms with van der Waals surface area (Å²) in [7, 11) is 0. The van der Waals surface area contributed by atoms with Crippen LogP contribution in [-0.2, 0) is 0 Å². The van der Waals surface area contributed by atoms with Crippen LogP contribution in [0.5, 0.6) is 0 Å². The maximum absolute atomic E-state index is 3.92. The van der Waals surface area contributed by atoms with Gasteiger partial charge in [-0.25, -0.2) is 0 Å². The van der Waals surface area contributed by atoms with Gasteiger partial charge in [0.2, 0.25) is 0 Å². The Labute approximate surface area is 412 Å². The van der Waals surface area contributed by atoms with Crippen LogP contribution >= 0.6 is 0 Å². The van der Waals surface area contributed by atoms with E-state index in [1.165, 1.54) is 0 Å². The third kappa shape index (κ3) is 9.77. The summed E-state index contributed by atoms with van der Waals surface area (Å²) in [6.07, 6.45) is 0. The van der Waals surface area contributed by atoms with E-state index >= 15 is 0 Å². The van der Waals surface area contributed by atoms with Gasteiger partial charge in [0, 0.05) is 0 Å². The van der Waals surface area contributed by atoms with Crippen LogP contribution in [0.3, 0.4) is 0 Å². The van der Waals surface area contributed by atoms with Crippen LogP contribution in [0.15, 0.2) is 243 Å². The van der Waals surface area contributed by atoms with Crippen molar-refractivity contribution in [1.29, 1.82) is 0 Å². The van der Waals surface area contributed by atoms with Gasteiger partial charge in [-0.15, -0.1) is 0 Å². The van der Waals surface area contributed by atoms with Gasteiger partial charge in [-0.3, -0.25) is 0 Å². The minimum absolute atomic E-state index is 1.11. The van der Waals surface area contributed by atoms with Crippen molar-refractivity contribution < 1.29 is 0 Å². The van der Waals surface area contributed by atoms with Crippen molar-refractivity contribution in [2.75, 3.05) is 0 Å². The summed E-state index contributed by atoms with van der Waals surface area (Å²) in [4.78, 5) is 0. The Kier molecular flexibility index (Phi) is 14.6. The van der Waals surface area contributed by atoms with Crippen molar-refractivity contribution in [2.24, 2.45) is 0 Å². The van der Waals surface area contributed by atoms with Crippen molar-refractivity contribution in [3.05, 3.63) is 243 Å². The summed E-state index contributed by atoms with van der Waals surface area (Å²) in [5, 5.41) is 0. The van der Waals surface area contributed by atoms with E-state index in [1.54, 1.807) is 0 Å². The fraction of sp³-hybridized carbons (Fsp3) is 0. The van der Waals surface area contributed by atoms with Crippen molar-refractivity contribution in [2.45, 2.75) is 0 Å². The Morgan fingerprint density at radius 3 is 0.353 bits per heavy atom. The predicted molar refractivity (Wildman–Crippen MR) is 294 cm³/mol. The van der Waals surface area contributed by atoms with Crippen LogP contribution in [0.2, 0.25) is 0 Å². The molecule has 0 saturated carbocycles. The second kappa shape index (κ2) is 21.8. The van der Waals surface area contributed by atoms with Gasteiger partial charge in [0.15, 0.2) is 0 Å². The standard InChI is InChI=1S/C64H40Ge4/c1-9-33-57(34-10-1)65(58-35-11-2-12-36-58)49-25-27-51-66(59-37-13-3-14-38-59,60-39-15-4-16-40-60)53-29-31-55-68(63-45-21-7-22-46-63,64-47-23-8-24-48-64)56-32-30-54-67(52-28-26-50-65,61-41-17-5-18-42-61)62-43-19-6-20-44-62/h1-24,33-48H. The van der Waals surface area contributed by atoms with Crippen LogP contribution in [0.25, 0.3) is 0 Å². The van der Waals surface area contributed by atoms with Crippen LogP contribution < -0.4 is 35.2 Å². The Hall–Kier alpha value is -7.59. The average molecular weight is 1100 g/mol. The van der Waals surface area contributed by atoms with E-state index in [4.69, 9.17) is 0 Å². The molecule has 0 aliphatic carbocycles. The van der Waals surface area contributed by atoms with Gasteiger partial charge in [0.1, 0.15) is 0 Å². The second-order valence-corrected chi connectivity index (χ2v) is 42.4. The van der Waals surface area contributed by atoms with Gasteiger partial charge < -0.3 is 0 Å². The monoisotopic (exact) mass is 1100 g/mol. The van der Waals surface area contributed by atoms with Crippen molar-refractivity contribution >= 4 is 88.2 Å². The first-order valence-electron chi connectivity index (χ1n) is 22.3. The molecule has 0 saturated heterocycles. The quantitative estimate of drug-likeness (QED) is 0.142. The molecule has 1 heterocycles. The molecule has 0 nitrogen and oxygen atoms in total. The van der Waals surface area contributed by atoms with Gasteiger partial charge in [0.25, 0.3) is 0 Å². The Bertz CT molecular complexity index is 2840. The Morgan fingerprint density at radius 2 is 0.250 bits per heavy atom. The first-order valence-corrected chi connectivity index (χ1v) is 39.1. The van der Waals surface area contributed by atoms with Gasteiger partial charge in [0.05, 0.1) is 0 Å². The molecule has 0 spiro atoms. The summed E-state index contributed by atoms with van der Waals surface area (Å²) in [5.74, 6) is 27.7. The van der Waals surface area contributed by atoms with E-state index in [0.717, 1.165) is 35.2 Å². The number of hydrogen-bond acceptors (Lipinski definition) is 0. The number of hydrogen-bond donors (Lipinski definition) is 0. The minimum atomic E-state index is -3.92. The fourth-order valence-electron chi connectivity index (χ4n) is 8.45. The fourth-order valence-corrected chi connectivity index (χ4v) is 32.4. The summed E-state index contributed by atoms with van der Waals surface area (Å²) in [6, 6.07) is 84.0. The second-order valence-electron chi connectivity index (χ2n) is 15.9. The normalized spacial score (nSPS) is 14.4. The zero-order valence-electron chi connectivity index (χ0n) is 37.1. The molecule has 312 valence electrons. The molecule has 0 radical (unpaired) electrons. The summed E-state index contributed by atoms with van der Waals surface area (Å²) >= 11 is -15.7. The third-order valence-electron chi connectivity index (χ3n) is 11.9. The average Bonchev–Trinajstić information content (AvgIpc) is 3.43. The van der Waals surface area contributed by atoms with Crippen molar-refractivity contribution in [3.8, 4) is 85.4 Å². The molecule has 0 fully saturated rings. The van der Waals surface area contributed by atoms with E-state index in [1.807, 2.05) is 48.5 Å². The molecular weight excluding hydrogens is 1060 g/mol. The topological polar surface area (TPSA) is 0 Å². The summed E-state index contributed by atoms with van der Waals surface area (Å²) in [5.41, 5.74) is 0. The number of rotatable bonds is 8. The van der Waals surface area contributed by atoms with E-state index < -0.39 is 53.1 Å². The van der Waals surface area contributed by atoms with Gasteiger partial charge in [-0.05, 0) is 0 Å². The molecule has 1 aliphatic rings.